The van der Waals surface area contributed by atoms with Crippen LogP contribution in [0.4, 0.5) is 13.2 Å². The maximum atomic E-state index is 12.1. The van der Waals surface area contributed by atoms with Gasteiger partial charge in [-0.3, -0.25) is 9.69 Å². The Balaban J connectivity index is 2.10. The topological polar surface area (TPSA) is 32.3 Å². The van der Waals surface area contributed by atoms with Crippen molar-refractivity contribution in [3.8, 4) is 0 Å². The predicted octanol–water partition coefficient (Wildman–Crippen LogP) is 2.34. The molecule has 0 radical (unpaired) electrons. The number of hydrogen-bond acceptors (Lipinski definition) is 2. The number of nitrogens with zero attached hydrogens (tertiary/aromatic N) is 1. The molecule has 1 N–H and O–H groups in total. The Bertz CT molecular complexity index is 316. The monoisotopic (exact) mass is 278 g/mol. The highest BCUT2D eigenvalue weighted by atomic mass is 19.4. The molecule has 0 fully saturated rings. The van der Waals surface area contributed by atoms with Crippen LogP contribution in [0.1, 0.15) is 25.7 Å². The molecule has 0 heterocycles. The smallest absolute Gasteiger partial charge is 0.356 e. The van der Waals surface area contributed by atoms with Gasteiger partial charge in [-0.25, -0.2) is 0 Å². The largest absolute Gasteiger partial charge is 0.401 e. The summed E-state index contributed by atoms with van der Waals surface area (Å²) >= 11 is 0. The van der Waals surface area contributed by atoms with E-state index in [4.69, 9.17) is 0 Å². The Hall–Kier alpha value is -1.04. The Labute approximate surface area is 111 Å². The minimum absolute atomic E-state index is 0.0165. The molecule has 19 heavy (non-hydrogen) atoms. The Morgan fingerprint density at radius 1 is 1.42 bits per heavy atom. The van der Waals surface area contributed by atoms with Crippen LogP contribution in [-0.2, 0) is 4.79 Å². The van der Waals surface area contributed by atoms with E-state index in [1.54, 1.807) is 0 Å². The van der Waals surface area contributed by atoms with E-state index in [0.717, 1.165) is 19.3 Å². The lowest BCUT2D eigenvalue weighted by Gasteiger charge is -2.20. The zero-order chi connectivity index (χ0) is 14.3. The van der Waals surface area contributed by atoms with Crippen molar-refractivity contribution in [3.63, 3.8) is 0 Å². The van der Waals surface area contributed by atoms with Gasteiger partial charge in [-0.15, -0.1) is 0 Å². The van der Waals surface area contributed by atoms with Gasteiger partial charge in [0.15, 0.2) is 0 Å². The first-order chi connectivity index (χ1) is 8.88. The Morgan fingerprint density at radius 2 is 2.16 bits per heavy atom. The molecule has 1 aliphatic rings. The first kappa shape index (κ1) is 16.0. The normalized spacial score (nSPS) is 19.7. The van der Waals surface area contributed by atoms with Crippen LogP contribution in [0.5, 0.6) is 0 Å². The van der Waals surface area contributed by atoms with E-state index in [9.17, 15) is 18.0 Å². The Morgan fingerprint density at radius 3 is 2.74 bits per heavy atom. The quantitative estimate of drug-likeness (QED) is 0.597. The molecule has 0 bridgehead atoms. The van der Waals surface area contributed by atoms with Crippen LogP contribution in [0.25, 0.3) is 0 Å². The molecule has 6 heteroatoms. The van der Waals surface area contributed by atoms with Crippen molar-refractivity contribution >= 4 is 5.91 Å². The van der Waals surface area contributed by atoms with Gasteiger partial charge >= 0.3 is 6.18 Å². The number of allylic oxidation sites excluding steroid dienone is 2. The summed E-state index contributed by atoms with van der Waals surface area (Å²) in [5.41, 5.74) is 0. The van der Waals surface area contributed by atoms with Gasteiger partial charge in [-0.2, -0.15) is 13.2 Å². The maximum absolute atomic E-state index is 12.1. The van der Waals surface area contributed by atoms with Gasteiger partial charge in [0, 0.05) is 12.5 Å². The zero-order valence-corrected chi connectivity index (χ0v) is 11.2. The summed E-state index contributed by atoms with van der Waals surface area (Å²) in [5, 5.41) is 2.79. The number of carbonyl (C=O) groups excluding carboxylic acids is 1. The third-order valence-corrected chi connectivity index (χ3v) is 3.10. The van der Waals surface area contributed by atoms with Crippen molar-refractivity contribution in [3.05, 3.63) is 12.2 Å². The van der Waals surface area contributed by atoms with Gasteiger partial charge in [-0.05, 0) is 39.3 Å². The molecule has 1 amide bonds. The Kier molecular flexibility index (Phi) is 6.34. The second-order valence-electron chi connectivity index (χ2n) is 4.98. The fourth-order valence-corrected chi connectivity index (χ4v) is 2.12. The predicted molar refractivity (Wildman–Crippen MR) is 67.7 cm³/mol. The molecule has 1 aliphatic carbocycles. The number of hydrogen-bond donors (Lipinski definition) is 1. The molecule has 0 saturated carbocycles. The first-order valence-corrected chi connectivity index (χ1v) is 6.56. The summed E-state index contributed by atoms with van der Waals surface area (Å²) in [7, 11) is 1.43. The van der Waals surface area contributed by atoms with E-state index in [1.807, 2.05) is 6.08 Å². The van der Waals surface area contributed by atoms with E-state index < -0.39 is 12.7 Å². The fraction of sp³-hybridized carbons (Fsp3) is 0.769. The van der Waals surface area contributed by atoms with Crippen molar-refractivity contribution in [2.24, 2.45) is 5.92 Å². The average Bonchev–Trinajstić information content (AvgIpc) is 2.33. The zero-order valence-electron chi connectivity index (χ0n) is 11.2. The molecule has 0 aromatic rings. The summed E-state index contributed by atoms with van der Waals surface area (Å²) in [4.78, 5) is 13.0. The van der Waals surface area contributed by atoms with Crippen molar-refractivity contribution in [2.45, 2.75) is 31.9 Å². The maximum Gasteiger partial charge on any atom is 0.401 e. The van der Waals surface area contributed by atoms with Gasteiger partial charge in [-0.1, -0.05) is 12.2 Å². The van der Waals surface area contributed by atoms with Crippen LogP contribution in [-0.4, -0.2) is 43.7 Å². The lowest BCUT2D eigenvalue weighted by Crippen LogP contribution is -2.35. The van der Waals surface area contributed by atoms with Crippen LogP contribution in [0.3, 0.4) is 0 Å². The molecule has 0 aromatic heterocycles. The summed E-state index contributed by atoms with van der Waals surface area (Å²) < 4.78 is 36.2. The van der Waals surface area contributed by atoms with E-state index in [2.05, 4.69) is 11.4 Å². The summed E-state index contributed by atoms with van der Waals surface area (Å²) in [5.74, 6) is 0.0423. The fourth-order valence-electron chi connectivity index (χ4n) is 2.12. The standard InChI is InChI=1S/C13H21F3N2O/c1-18(10-13(14,15)16)9-5-8-17-12(19)11-6-3-2-4-7-11/h2-3,11H,4-10H2,1H3,(H,17,19)/t11-/m1/s1. The number of halogens is 3. The summed E-state index contributed by atoms with van der Waals surface area (Å²) in [6, 6.07) is 0. The van der Waals surface area contributed by atoms with Crippen molar-refractivity contribution in [1.82, 2.24) is 10.2 Å². The molecule has 0 aromatic carbocycles. The minimum Gasteiger partial charge on any atom is -0.356 e. The number of rotatable bonds is 6. The van der Waals surface area contributed by atoms with E-state index in [1.165, 1.54) is 11.9 Å². The summed E-state index contributed by atoms with van der Waals surface area (Å²) in [6.45, 7) is -0.153. The molecule has 0 saturated heterocycles. The molecule has 1 atom stereocenters. The first-order valence-electron chi connectivity index (χ1n) is 6.56. The summed E-state index contributed by atoms with van der Waals surface area (Å²) in [6.07, 6.45) is 2.98. The van der Waals surface area contributed by atoms with Crippen molar-refractivity contribution < 1.29 is 18.0 Å². The van der Waals surface area contributed by atoms with Crippen LogP contribution >= 0.6 is 0 Å². The van der Waals surface area contributed by atoms with Crippen molar-refractivity contribution in [2.75, 3.05) is 26.7 Å². The molecule has 1 rings (SSSR count). The van der Waals surface area contributed by atoms with E-state index in [0.29, 0.717) is 19.5 Å². The highest BCUT2D eigenvalue weighted by Gasteiger charge is 2.28. The average molecular weight is 278 g/mol. The van der Waals surface area contributed by atoms with E-state index >= 15 is 0 Å². The van der Waals surface area contributed by atoms with Crippen LogP contribution in [0.15, 0.2) is 12.2 Å². The highest BCUT2D eigenvalue weighted by Crippen LogP contribution is 2.18. The number of alkyl halides is 3. The third-order valence-electron chi connectivity index (χ3n) is 3.10. The van der Waals surface area contributed by atoms with Gasteiger partial charge < -0.3 is 5.32 Å². The SMILES string of the molecule is CN(CCCNC(=O)[C@@H]1CC=CCC1)CC(F)(F)F. The number of nitrogens with one attached hydrogen (secondary N) is 1. The van der Waals surface area contributed by atoms with E-state index in [-0.39, 0.29) is 11.8 Å². The van der Waals surface area contributed by atoms with Gasteiger partial charge in [0.2, 0.25) is 5.91 Å². The molecule has 3 nitrogen and oxygen atoms in total. The van der Waals surface area contributed by atoms with Crippen LogP contribution in [0.2, 0.25) is 0 Å². The van der Waals surface area contributed by atoms with Gasteiger partial charge in [0.05, 0.1) is 6.54 Å². The number of amides is 1. The van der Waals surface area contributed by atoms with Gasteiger partial charge in [0.1, 0.15) is 0 Å². The highest BCUT2D eigenvalue weighted by molar-refractivity contribution is 5.78. The molecule has 0 aliphatic heterocycles. The molecular weight excluding hydrogens is 257 g/mol. The second-order valence-corrected chi connectivity index (χ2v) is 4.98. The lowest BCUT2D eigenvalue weighted by molar-refractivity contribution is -0.143. The molecule has 0 spiro atoms. The molecular formula is C13H21F3N2O. The van der Waals surface area contributed by atoms with Crippen LogP contribution in [0, 0.1) is 5.92 Å². The molecule has 0 unspecified atom stereocenters. The molecule has 110 valence electrons. The van der Waals surface area contributed by atoms with Crippen molar-refractivity contribution in [1.29, 1.82) is 0 Å². The number of carbonyl (C=O) groups is 1. The minimum atomic E-state index is -4.16. The third kappa shape index (κ3) is 7.20. The lowest BCUT2D eigenvalue weighted by atomic mass is 9.94. The van der Waals surface area contributed by atoms with Crippen LogP contribution < -0.4 is 5.32 Å². The van der Waals surface area contributed by atoms with Gasteiger partial charge in [0.25, 0.3) is 0 Å². The second kappa shape index (κ2) is 7.53.